The molecule has 21 heavy (non-hydrogen) atoms. The van der Waals surface area contributed by atoms with Gasteiger partial charge in [-0.3, -0.25) is 4.79 Å². The summed E-state index contributed by atoms with van der Waals surface area (Å²) in [5, 5.41) is 0. The Balaban J connectivity index is 1.64. The zero-order chi connectivity index (χ0) is 14.7. The topological polar surface area (TPSA) is 45.7 Å². The van der Waals surface area contributed by atoms with Crippen LogP contribution in [0.4, 0.5) is 5.82 Å². The Morgan fingerprint density at radius 3 is 2.81 bits per heavy atom. The molecule has 6 heteroatoms. The van der Waals surface area contributed by atoms with Crippen molar-refractivity contribution in [3.8, 4) is 0 Å². The third-order valence-electron chi connectivity index (χ3n) is 4.13. The number of amides is 1. The third-order valence-corrected chi connectivity index (χ3v) is 4.60. The van der Waals surface area contributed by atoms with Gasteiger partial charge in [-0.25, -0.2) is 4.98 Å². The number of hydrogen-bond acceptors (Lipinski definition) is 4. The number of piperidine rings is 1. The molecule has 1 atom stereocenters. The Labute approximate surface area is 133 Å². The molecule has 1 aromatic heterocycles. The molecule has 1 amide bonds. The minimum absolute atomic E-state index is 0.0855. The quantitative estimate of drug-likeness (QED) is 0.814. The van der Waals surface area contributed by atoms with E-state index in [1.807, 2.05) is 23.2 Å². The highest BCUT2D eigenvalue weighted by molar-refractivity contribution is 9.10. The first-order chi connectivity index (χ1) is 10.2. The zero-order valence-corrected chi connectivity index (χ0v) is 13.6. The molecule has 1 unspecified atom stereocenters. The monoisotopic (exact) mass is 353 g/mol. The first kappa shape index (κ1) is 14.8. The highest BCUT2D eigenvalue weighted by Crippen LogP contribution is 2.24. The molecule has 0 spiro atoms. The zero-order valence-electron chi connectivity index (χ0n) is 12.0. The summed E-state index contributed by atoms with van der Waals surface area (Å²) in [6.45, 7) is 4.52. The van der Waals surface area contributed by atoms with E-state index >= 15 is 0 Å². The van der Waals surface area contributed by atoms with E-state index in [0.29, 0.717) is 13.2 Å². The van der Waals surface area contributed by atoms with Crippen molar-refractivity contribution in [3.05, 3.63) is 22.8 Å². The summed E-state index contributed by atoms with van der Waals surface area (Å²) in [6.07, 6.45) is 3.82. The third kappa shape index (κ3) is 3.55. The van der Waals surface area contributed by atoms with Crippen LogP contribution < -0.4 is 4.90 Å². The molecule has 114 valence electrons. The van der Waals surface area contributed by atoms with Crippen LogP contribution in [0.15, 0.2) is 22.8 Å². The SMILES string of the molecule is O=C(C1CCCN(c2ccc(Br)cn2)C1)N1CCOCC1. The van der Waals surface area contributed by atoms with Crippen molar-refractivity contribution in [1.82, 2.24) is 9.88 Å². The van der Waals surface area contributed by atoms with Crippen molar-refractivity contribution in [2.24, 2.45) is 5.92 Å². The minimum atomic E-state index is 0.0855. The second kappa shape index (κ2) is 6.75. The molecular weight excluding hydrogens is 334 g/mol. The second-order valence-electron chi connectivity index (χ2n) is 5.56. The number of anilines is 1. The van der Waals surface area contributed by atoms with E-state index in [2.05, 4.69) is 25.8 Å². The Morgan fingerprint density at radius 1 is 1.29 bits per heavy atom. The Kier molecular flexibility index (Phi) is 4.75. The van der Waals surface area contributed by atoms with Gasteiger partial charge in [-0.05, 0) is 40.9 Å². The van der Waals surface area contributed by atoms with Gasteiger partial charge in [0.15, 0.2) is 0 Å². The molecule has 3 heterocycles. The Bertz CT molecular complexity index is 488. The van der Waals surface area contributed by atoms with Crippen LogP contribution in [-0.2, 0) is 9.53 Å². The van der Waals surface area contributed by atoms with E-state index in [1.165, 1.54) is 0 Å². The number of carbonyl (C=O) groups excluding carboxylic acids is 1. The summed E-state index contributed by atoms with van der Waals surface area (Å²) < 4.78 is 6.30. The van der Waals surface area contributed by atoms with E-state index < -0.39 is 0 Å². The van der Waals surface area contributed by atoms with Gasteiger partial charge in [0.25, 0.3) is 0 Å². The summed E-state index contributed by atoms with van der Waals surface area (Å²) >= 11 is 3.40. The molecule has 5 nitrogen and oxygen atoms in total. The maximum atomic E-state index is 12.6. The van der Waals surface area contributed by atoms with Crippen LogP contribution >= 0.6 is 15.9 Å². The maximum absolute atomic E-state index is 12.6. The molecule has 2 aliphatic rings. The van der Waals surface area contributed by atoms with Crippen LogP contribution in [-0.4, -0.2) is 55.2 Å². The average molecular weight is 354 g/mol. The fourth-order valence-corrected chi connectivity index (χ4v) is 3.22. The van der Waals surface area contributed by atoms with Gasteiger partial charge >= 0.3 is 0 Å². The van der Waals surface area contributed by atoms with Gasteiger partial charge in [0.05, 0.1) is 19.1 Å². The lowest BCUT2D eigenvalue weighted by Gasteiger charge is -2.36. The normalized spacial score (nSPS) is 23.2. The fraction of sp³-hybridized carbons (Fsp3) is 0.600. The molecule has 0 saturated carbocycles. The summed E-state index contributed by atoms with van der Waals surface area (Å²) in [7, 11) is 0. The minimum Gasteiger partial charge on any atom is -0.378 e. The first-order valence-electron chi connectivity index (χ1n) is 7.47. The number of carbonyl (C=O) groups is 1. The molecule has 3 rings (SSSR count). The van der Waals surface area contributed by atoms with E-state index in [4.69, 9.17) is 4.74 Å². The summed E-state index contributed by atoms with van der Waals surface area (Å²) in [4.78, 5) is 21.2. The van der Waals surface area contributed by atoms with Gasteiger partial charge in [0.1, 0.15) is 5.82 Å². The molecule has 0 radical (unpaired) electrons. The number of aromatic nitrogens is 1. The van der Waals surface area contributed by atoms with Gasteiger partial charge in [-0.2, -0.15) is 0 Å². The van der Waals surface area contributed by atoms with Crippen LogP contribution in [0.2, 0.25) is 0 Å². The molecule has 1 aromatic rings. The lowest BCUT2D eigenvalue weighted by molar-refractivity contribution is -0.139. The van der Waals surface area contributed by atoms with Gasteiger partial charge < -0.3 is 14.5 Å². The number of halogens is 1. The molecule has 2 aliphatic heterocycles. The van der Waals surface area contributed by atoms with Crippen molar-refractivity contribution in [1.29, 1.82) is 0 Å². The van der Waals surface area contributed by atoms with Crippen LogP contribution in [0.3, 0.4) is 0 Å². The molecule has 0 aromatic carbocycles. The number of nitrogens with zero attached hydrogens (tertiary/aromatic N) is 3. The maximum Gasteiger partial charge on any atom is 0.227 e. The van der Waals surface area contributed by atoms with E-state index in [0.717, 1.165) is 49.3 Å². The van der Waals surface area contributed by atoms with Crippen molar-refractivity contribution in [2.75, 3.05) is 44.3 Å². The highest BCUT2D eigenvalue weighted by Gasteiger charge is 2.30. The average Bonchev–Trinajstić information content (AvgIpc) is 2.56. The van der Waals surface area contributed by atoms with Crippen LogP contribution in [0.5, 0.6) is 0 Å². The van der Waals surface area contributed by atoms with E-state index in [9.17, 15) is 4.79 Å². The largest absolute Gasteiger partial charge is 0.378 e. The Hall–Kier alpha value is -1.14. The highest BCUT2D eigenvalue weighted by atomic mass is 79.9. The van der Waals surface area contributed by atoms with Gasteiger partial charge in [-0.1, -0.05) is 0 Å². The molecule has 2 fully saturated rings. The van der Waals surface area contributed by atoms with Crippen LogP contribution in [0.25, 0.3) is 0 Å². The van der Waals surface area contributed by atoms with E-state index in [-0.39, 0.29) is 11.8 Å². The molecule has 0 N–H and O–H groups in total. The lowest BCUT2D eigenvalue weighted by Crippen LogP contribution is -2.48. The summed E-state index contributed by atoms with van der Waals surface area (Å²) in [5.41, 5.74) is 0. The smallest absolute Gasteiger partial charge is 0.227 e. The predicted molar refractivity (Wildman–Crippen MR) is 84.3 cm³/mol. The number of rotatable bonds is 2. The van der Waals surface area contributed by atoms with Crippen molar-refractivity contribution in [3.63, 3.8) is 0 Å². The summed E-state index contributed by atoms with van der Waals surface area (Å²) in [6, 6.07) is 4.00. The second-order valence-corrected chi connectivity index (χ2v) is 6.47. The fourth-order valence-electron chi connectivity index (χ4n) is 2.98. The number of pyridine rings is 1. The standard InChI is InChI=1S/C15H20BrN3O2/c16-13-3-4-14(17-10-13)19-5-1-2-12(11-19)15(20)18-6-8-21-9-7-18/h3-4,10,12H,1-2,5-9,11H2. The summed E-state index contributed by atoms with van der Waals surface area (Å²) in [5.74, 6) is 1.32. The number of hydrogen-bond donors (Lipinski definition) is 0. The van der Waals surface area contributed by atoms with Crippen molar-refractivity contribution in [2.45, 2.75) is 12.8 Å². The molecule has 2 saturated heterocycles. The van der Waals surface area contributed by atoms with Crippen LogP contribution in [0.1, 0.15) is 12.8 Å². The number of morpholine rings is 1. The van der Waals surface area contributed by atoms with Gasteiger partial charge in [0, 0.05) is 36.8 Å². The van der Waals surface area contributed by atoms with Crippen molar-refractivity contribution < 1.29 is 9.53 Å². The lowest BCUT2D eigenvalue weighted by atomic mass is 9.96. The van der Waals surface area contributed by atoms with Crippen LogP contribution in [0, 0.1) is 5.92 Å². The van der Waals surface area contributed by atoms with Crippen molar-refractivity contribution >= 4 is 27.7 Å². The molecule has 0 bridgehead atoms. The Morgan fingerprint density at radius 2 is 2.10 bits per heavy atom. The van der Waals surface area contributed by atoms with Gasteiger partial charge in [0.2, 0.25) is 5.91 Å². The molecule has 0 aliphatic carbocycles. The molecular formula is C15H20BrN3O2. The first-order valence-corrected chi connectivity index (χ1v) is 8.26. The van der Waals surface area contributed by atoms with Gasteiger partial charge in [-0.15, -0.1) is 0 Å². The number of ether oxygens (including phenoxy) is 1. The van der Waals surface area contributed by atoms with E-state index in [1.54, 1.807) is 0 Å². The predicted octanol–water partition coefficient (Wildman–Crippen LogP) is 1.92.